The highest BCUT2D eigenvalue weighted by atomic mass is 79.9. The molecule has 0 aliphatic carbocycles. The predicted octanol–water partition coefficient (Wildman–Crippen LogP) is 6.28. The number of carbonyl (C=O) groups excluding carboxylic acids is 3. The summed E-state index contributed by atoms with van der Waals surface area (Å²) in [6.07, 6.45) is 0.657. The second-order valence-corrected chi connectivity index (χ2v) is 9.37. The van der Waals surface area contributed by atoms with Gasteiger partial charge in [-0.3, -0.25) is 9.59 Å². The standard InChI is InChI=1S/C27H22BrClN2O4/c1-4-17-7-5-6-8-21(17)31-25(32)22(29)23(26(31)33)30-20-11-9-18(10-12-20)27(34)35-24-15(2)13-19(28)14-16(24)3/h5-14,30H,4H2,1-3H3. The van der Waals surface area contributed by atoms with Crippen molar-refractivity contribution < 1.29 is 19.1 Å². The third-order valence-electron chi connectivity index (χ3n) is 5.65. The molecule has 1 aliphatic heterocycles. The van der Waals surface area contributed by atoms with Crippen LogP contribution in [0.25, 0.3) is 0 Å². The van der Waals surface area contributed by atoms with Crippen molar-refractivity contribution in [2.24, 2.45) is 0 Å². The van der Waals surface area contributed by atoms with Crippen LogP contribution in [0.1, 0.15) is 34.0 Å². The van der Waals surface area contributed by atoms with E-state index in [-0.39, 0.29) is 10.7 Å². The van der Waals surface area contributed by atoms with Crippen molar-refractivity contribution in [1.82, 2.24) is 0 Å². The number of carbonyl (C=O) groups is 3. The van der Waals surface area contributed by atoms with Crippen molar-refractivity contribution in [1.29, 1.82) is 0 Å². The molecule has 4 rings (SSSR count). The molecule has 0 saturated heterocycles. The number of ether oxygens (including phenoxy) is 1. The fraction of sp³-hybridized carbons (Fsp3) is 0.148. The van der Waals surface area contributed by atoms with Gasteiger partial charge in [0.1, 0.15) is 16.5 Å². The number of imide groups is 1. The van der Waals surface area contributed by atoms with E-state index in [1.54, 1.807) is 36.4 Å². The molecular formula is C27H22BrClN2O4. The van der Waals surface area contributed by atoms with E-state index in [1.807, 2.05) is 45.0 Å². The Morgan fingerprint density at radius 3 is 2.26 bits per heavy atom. The summed E-state index contributed by atoms with van der Waals surface area (Å²) in [5.41, 5.74) is 3.86. The van der Waals surface area contributed by atoms with Crippen molar-refractivity contribution in [3.8, 4) is 5.75 Å². The first kappa shape index (κ1) is 24.7. The molecule has 3 aromatic rings. The summed E-state index contributed by atoms with van der Waals surface area (Å²) in [7, 11) is 0. The van der Waals surface area contributed by atoms with Crippen LogP contribution in [0.15, 0.2) is 75.9 Å². The quantitative estimate of drug-likeness (QED) is 0.221. The smallest absolute Gasteiger partial charge is 0.343 e. The van der Waals surface area contributed by atoms with E-state index in [4.69, 9.17) is 16.3 Å². The SMILES string of the molecule is CCc1ccccc1N1C(=O)C(Cl)=C(Nc2ccc(C(=O)Oc3c(C)cc(Br)cc3C)cc2)C1=O. The highest BCUT2D eigenvalue weighted by molar-refractivity contribution is 9.10. The molecule has 0 bridgehead atoms. The Labute approximate surface area is 216 Å². The number of nitrogens with zero attached hydrogens (tertiary/aromatic N) is 1. The summed E-state index contributed by atoms with van der Waals surface area (Å²) in [5, 5.41) is 2.74. The first-order chi connectivity index (χ1) is 16.7. The molecule has 1 N–H and O–H groups in total. The van der Waals surface area contributed by atoms with E-state index in [1.165, 1.54) is 0 Å². The first-order valence-corrected chi connectivity index (χ1v) is 12.1. The average Bonchev–Trinajstić information content (AvgIpc) is 3.04. The van der Waals surface area contributed by atoms with Crippen LogP contribution in [0.3, 0.4) is 0 Å². The van der Waals surface area contributed by atoms with Crippen LogP contribution in [-0.2, 0) is 16.0 Å². The molecule has 8 heteroatoms. The third-order valence-corrected chi connectivity index (χ3v) is 6.46. The van der Waals surface area contributed by atoms with Crippen molar-refractivity contribution in [2.45, 2.75) is 27.2 Å². The molecule has 0 spiro atoms. The number of benzene rings is 3. The van der Waals surface area contributed by atoms with Gasteiger partial charge in [0.15, 0.2) is 0 Å². The highest BCUT2D eigenvalue weighted by Gasteiger charge is 2.39. The molecule has 2 amide bonds. The Kier molecular flexibility index (Phi) is 7.10. The normalized spacial score (nSPS) is 13.5. The van der Waals surface area contributed by atoms with Gasteiger partial charge in [0.05, 0.1) is 11.3 Å². The molecule has 1 heterocycles. The van der Waals surface area contributed by atoms with Gasteiger partial charge < -0.3 is 10.1 Å². The number of rotatable bonds is 6. The number of anilines is 2. The largest absolute Gasteiger partial charge is 0.422 e. The number of aryl methyl sites for hydroxylation is 3. The van der Waals surface area contributed by atoms with Crippen LogP contribution in [0.5, 0.6) is 5.75 Å². The van der Waals surface area contributed by atoms with E-state index >= 15 is 0 Å². The van der Waals surface area contributed by atoms with E-state index < -0.39 is 17.8 Å². The zero-order chi connectivity index (χ0) is 25.3. The molecule has 0 fully saturated rings. The Morgan fingerprint density at radius 2 is 1.63 bits per heavy atom. The van der Waals surface area contributed by atoms with Crippen molar-refractivity contribution in [3.63, 3.8) is 0 Å². The van der Waals surface area contributed by atoms with Crippen LogP contribution in [0, 0.1) is 13.8 Å². The van der Waals surface area contributed by atoms with Gasteiger partial charge in [-0.1, -0.05) is 52.7 Å². The van der Waals surface area contributed by atoms with Gasteiger partial charge in [-0.2, -0.15) is 0 Å². The zero-order valence-electron chi connectivity index (χ0n) is 19.3. The lowest BCUT2D eigenvalue weighted by atomic mass is 10.1. The number of hydrogen-bond acceptors (Lipinski definition) is 5. The Morgan fingerprint density at radius 1 is 1.00 bits per heavy atom. The fourth-order valence-electron chi connectivity index (χ4n) is 3.90. The topological polar surface area (TPSA) is 75.7 Å². The number of amides is 2. The lowest BCUT2D eigenvalue weighted by Crippen LogP contribution is -2.33. The minimum absolute atomic E-state index is 0.0148. The first-order valence-electron chi connectivity index (χ1n) is 10.9. The number of hydrogen-bond donors (Lipinski definition) is 1. The Bertz CT molecular complexity index is 1360. The van der Waals surface area contributed by atoms with E-state index in [2.05, 4.69) is 21.2 Å². The van der Waals surface area contributed by atoms with Gasteiger partial charge >= 0.3 is 5.97 Å². The minimum Gasteiger partial charge on any atom is -0.422 e. The van der Waals surface area contributed by atoms with Gasteiger partial charge in [0.25, 0.3) is 11.8 Å². The number of esters is 1. The molecule has 1 aliphatic rings. The number of para-hydroxylation sites is 1. The van der Waals surface area contributed by atoms with Crippen LogP contribution < -0.4 is 15.0 Å². The second kappa shape index (κ2) is 10.1. The molecule has 35 heavy (non-hydrogen) atoms. The zero-order valence-corrected chi connectivity index (χ0v) is 21.7. The molecule has 0 atom stereocenters. The molecular weight excluding hydrogens is 532 g/mol. The molecule has 3 aromatic carbocycles. The maximum atomic E-state index is 13.1. The second-order valence-electron chi connectivity index (χ2n) is 8.08. The van der Waals surface area contributed by atoms with Crippen molar-refractivity contribution in [3.05, 3.63) is 98.1 Å². The van der Waals surface area contributed by atoms with E-state index in [0.717, 1.165) is 26.1 Å². The summed E-state index contributed by atoms with van der Waals surface area (Å²) in [5.74, 6) is -1.11. The molecule has 0 unspecified atom stereocenters. The maximum absolute atomic E-state index is 13.1. The summed E-state index contributed by atoms with van der Waals surface area (Å²) in [6.45, 7) is 5.68. The third kappa shape index (κ3) is 4.88. The van der Waals surface area contributed by atoms with Gasteiger partial charge in [-0.05, 0) is 79.4 Å². The summed E-state index contributed by atoms with van der Waals surface area (Å²) >= 11 is 9.68. The van der Waals surface area contributed by atoms with Gasteiger partial charge in [0, 0.05) is 10.2 Å². The summed E-state index contributed by atoms with van der Waals surface area (Å²) < 4.78 is 6.52. The Hall–Kier alpha value is -3.42. The van der Waals surface area contributed by atoms with Crippen LogP contribution in [0.4, 0.5) is 11.4 Å². The average molecular weight is 554 g/mol. The molecule has 0 radical (unpaired) electrons. The molecule has 178 valence electrons. The van der Waals surface area contributed by atoms with Gasteiger partial charge in [-0.15, -0.1) is 0 Å². The summed E-state index contributed by atoms with van der Waals surface area (Å²) in [4.78, 5) is 39.6. The lowest BCUT2D eigenvalue weighted by Gasteiger charge is -2.18. The van der Waals surface area contributed by atoms with Crippen LogP contribution in [-0.4, -0.2) is 17.8 Å². The lowest BCUT2D eigenvalue weighted by molar-refractivity contribution is -0.120. The van der Waals surface area contributed by atoms with Crippen molar-refractivity contribution in [2.75, 3.05) is 10.2 Å². The summed E-state index contributed by atoms with van der Waals surface area (Å²) in [6, 6.07) is 17.4. The van der Waals surface area contributed by atoms with Crippen molar-refractivity contribution >= 4 is 56.7 Å². The minimum atomic E-state index is -0.583. The fourth-order valence-corrected chi connectivity index (χ4v) is 4.80. The van der Waals surface area contributed by atoms with E-state index in [0.29, 0.717) is 29.1 Å². The van der Waals surface area contributed by atoms with Crippen LogP contribution in [0.2, 0.25) is 0 Å². The van der Waals surface area contributed by atoms with Gasteiger partial charge in [-0.25, -0.2) is 9.69 Å². The van der Waals surface area contributed by atoms with Crippen LogP contribution >= 0.6 is 27.5 Å². The molecule has 6 nitrogen and oxygen atoms in total. The van der Waals surface area contributed by atoms with E-state index in [9.17, 15) is 14.4 Å². The monoisotopic (exact) mass is 552 g/mol. The highest BCUT2D eigenvalue weighted by Crippen LogP contribution is 2.32. The van der Waals surface area contributed by atoms with Gasteiger partial charge in [0.2, 0.25) is 0 Å². The maximum Gasteiger partial charge on any atom is 0.343 e. The molecule has 0 aromatic heterocycles. The molecule has 0 saturated carbocycles. The predicted molar refractivity (Wildman–Crippen MR) is 140 cm³/mol. The number of nitrogens with one attached hydrogen (secondary N) is 1. The Balaban J connectivity index is 1.51. The number of halogens is 2.